The first-order valence-electron chi connectivity index (χ1n) is 9.78. The van der Waals surface area contributed by atoms with Crippen LogP contribution in [0.4, 0.5) is 5.69 Å². The smallest absolute Gasteiger partial charge is 0.256 e. The SMILES string of the molecule is CCCO[C@@]1(C(=O)Nc2ccc(OCCN(C)C)cc2)CCC[C@@H](C)C1. The Labute approximate surface area is 158 Å². The molecule has 2 rings (SSSR count). The number of hydrogen-bond donors (Lipinski definition) is 1. The molecule has 1 aliphatic rings. The summed E-state index contributed by atoms with van der Waals surface area (Å²) in [5, 5.41) is 3.06. The normalized spacial score (nSPS) is 23.0. The zero-order valence-corrected chi connectivity index (χ0v) is 16.7. The van der Waals surface area contributed by atoms with Crippen LogP contribution in [0.5, 0.6) is 5.75 Å². The van der Waals surface area contributed by atoms with E-state index in [2.05, 4.69) is 24.1 Å². The van der Waals surface area contributed by atoms with Gasteiger partial charge < -0.3 is 19.7 Å². The molecule has 2 atom stereocenters. The number of nitrogens with one attached hydrogen (secondary N) is 1. The topological polar surface area (TPSA) is 50.8 Å². The molecule has 146 valence electrons. The maximum atomic E-state index is 13.0. The lowest BCUT2D eigenvalue weighted by Crippen LogP contribution is -2.48. The van der Waals surface area contributed by atoms with Crippen molar-refractivity contribution in [2.75, 3.05) is 39.2 Å². The molecule has 0 spiro atoms. The second-order valence-corrected chi connectivity index (χ2v) is 7.67. The van der Waals surface area contributed by atoms with Gasteiger partial charge in [0.1, 0.15) is 18.0 Å². The first-order chi connectivity index (χ1) is 12.4. The lowest BCUT2D eigenvalue weighted by atomic mass is 9.78. The maximum absolute atomic E-state index is 13.0. The van der Waals surface area contributed by atoms with Gasteiger partial charge in [-0.05, 0) is 70.0 Å². The third kappa shape index (κ3) is 5.99. The largest absolute Gasteiger partial charge is 0.492 e. The Balaban J connectivity index is 1.97. The number of nitrogens with zero attached hydrogens (tertiary/aromatic N) is 1. The highest BCUT2D eigenvalue weighted by Gasteiger charge is 2.42. The summed E-state index contributed by atoms with van der Waals surface area (Å²) in [4.78, 5) is 15.1. The monoisotopic (exact) mass is 362 g/mol. The summed E-state index contributed by atoms with van der Waals surface area (Å²) in [6.45, 7) is 6.42. The van der Waals surface area contributed by atoms with Crippen molar-refractivity contribution in [3.05, 3.63) is 24.3 Å². The molecule has 1 N–H and O–H groups in total. The predicted octanol–water partition coefficient (Wildman–Crippen LogP) is 3.94. The fraction of sp³-hybridized carbons (Fsp3) is 0.667. The van der Waals surface area contributed by atoms with Crippen molar-refractivity contribution >= 4 is 11.6 Å². The Morgan fingerprint density at radius 3 is 2.62 bits per heavy atom. The minimum absolute atomic E-state index is 0.0150. The summed E-state index contributed by atoms with van der Waals surface area (Å²) in [5.74, 6) is 1.31. The fourth-order valence-electron chi connectivity index (χ4n) is 3.43. The van der Waals surface area contributed by atoms with E-state index in [0.717, 1.165) is 43.7 Å². The average Bonchev–Trinajstić information content (AvgIpc) is 2.61. The second-order valence-electron chi connectivity index (χ2n) is 7.67. The van der Waals surface area contributed by atoms with Gasteiger partial charge in [-0.25, -0.2) is 0 Å². The number of carbonyl (C=O) groups excluding carboxylic acids is 1. The van der Waals surface area contributed by atoms with Gasteiger partial charge in [0.2, 0.25) is 0 Å². The minimum Gasteiger partial charge on any atom is -0.492 e. The van der Waals surface area contributed by atoms with Crippen molar-refractivity contribution in [1.82, 2.24) is 4.90 Å². The Morgan fingerprint density at radius 1 is 1.27 bits per heavy atom. The number of carbonyl (C=O) groups is 1. The number of rotatable bonds is 9. The summed E-state index contributed by atoms with van der Waals surface area (Å²) in [5.41, 5.74) is 0.0989. The van der Waals surface area contributed by atoms with Gasteiger partial charge >= 0.3 is 0 Å². The van der Waals surface area contributed by atoms with E-state index in [-0.39, 0.29) is 5.91 Å². The molecule has 0 aliphatic heterocycles. The zero-order chi connectivity index (χ0) is 19.0. The summed E-state index contributed by atoms with van der Waals surface area (Å²) < 4.78 is 11.8. The number of benzene rings is 1. The van der Waals surface area contributed by atoms with E-state index in [4.69, 9.17) is 9.47 Å². The van der Waals surface area contributed by atoms with E-state index in [1.807, 2.05) is 38.4 Å². The third-order valence-corrected chi connectivity index (χ3v) is 4.87. The Bertz CT molecular complexity index is 559. The quantitative estimate of drug-likeness (QED) is 0.723. The van der Waals surface area contributed by atoms with E-state index in [1.54, 1.807) is 0 Å². The van der Waals surface area contributed by atoms with Gasteiger partial charge in [-0.2, -0.15) is 0 Å². The number of likely N-dealkylation sites (N-methyl/N-ethyl adjacent to an activating group) is 1. The highest BCUT2D eigenvalue weighted by molar-refractivity contribution is 5.97. The zero-order valence-electron chi connectivity index (χ0n) is 16.7. The molecule has 5 heteroatoms. The summed E-state index contributed by atoms with van der Waals surface area (Å²) in [6.07, 6.45) is 4.72. The number of hydrogen-bond acceptors (Lipinski definition) is 4. The molecule has 0 radical (unpaired) electrons. The van der Waals surface area contributed by atoms with Crippen LogP contribution >= 0.6 is 0 Å². The Hall–Kier alpha value is -1.59. The fourth-order valence-corrected chi connectivity index (χ4v) is 3.43. The van der Waals surface area contributed by atoms with Gasteiger partial charge in [-0.1, -0.05) is 20.3 Å². The van der Waals surface area contributed by atoms with Crippen molar-refractivity contribution in [2.45, 2.75) is 51.6 Å². The first kappa shape index (κ1) is 20.7. The Morgan fingerprint density at radius 2 is 2.00 bits per heavy atom. The summed E-state index contributed by atoms with van der Waals surface area (Å²) in [6, 6.07) is 7.58. The molecular weight excluding hydrogens is 328 g/mol. The number of anilines is 1. The molecule has 1 aliphatic carbocycles. The van der Waals surface area contributed by atoms with Gasteiger partial charge in [-0.3, -0.25) is 4.79 Å². The Kier molecular flexibility index (Phi) is 7.91. The third-order valence-electron chi connectivity index (χ3n) is 4.87. The number of ether oxygens (including phenoxy) is 2. The van der Waals surface area contributed by atoms with Gasteiger partial charge in [-0.15, -0.1) is 0 Å². The van der Waals surface area contributed by atoms with E-state index in [0.29, 0.717) is 19.1 Å². The van der Waals surface area contributed by atoms with Crippen LogP contribution in [0.25, 0.3) is 0 Å². The minimum atomic E-state index is -0.686. The van der Waals surface area contributed by atoms with Crippen LogP contribution in [0.2, 0.25) is 0 Å². The van der Waals surface area contributed by atoms with Crippen molar-refractivity contribution in [2.24, 2.45) is 5.92 Å². The first-order valence-corrected chi connectivity index (χ1v) is 9.78. The second kappa shape index (κ2) is 9.93. The van der Waals surface area contributed by atoms with Gasteiger partial charge in [0.15, 0.2) is 0 Å². The molecule has 0 saturated heterocycles. The van der Waals surface area contributed by atoms with Crippen LogP contribution in [0, 0.1) is 5.92 Å². The molecule has 0 bridgehead atoms. The van der Waals surface area contributed by atoms with E-state index in [9.17, 15) is 4.79 Å². The average molecular weight is 363 g/mol. The van der Waals surface area contributed by atoms with E-state index in [1.165, 1.54) is 6.42 Å². The van der Waals surface area contributed by atoms with Crippen LogP contribution in [-0.2, 0) is 9.53 Å². The summed E-state index contributed by atoms with van der Waals surface area (Å²) in [7, 11) is 4.04. The molecule has 0 unspecified atom stereocenters. The molecule has 0 aromatic heterocycles. The molecule has 1 aromatic carbocycles. The van der Waals surface area contributed by atoms with Gasteiger partial charge in [0.25, 0.3) is 5.91 Å². The molecule has 1 amide bonds. The van der Waals surface area contributed by atoms with Crippen molar-refractivity contribution in [1.29, 1.82) is 0 Å². The van der Waals surface area contributed by atoms with E-state index >= 15 is 0 Å². The molecule has 1 aromatic rings. The molecule has 26 heavy (non-hydrogen) atoms. The van der Waals surface area contributed by atoms with Crippen LogP contribution in [0.15, 0.2) is 24.3 Å². The lowest BCUT2D eigenvalue weighted by molar-refractivity contribution is -0.148. The number of amides is 1. The molecule has 1 fully saturated rings. The standard InChI is InChI=1S/C21H34N2O3/c1-5-14-26-21(12-6-7-17(2)16-21)20(24)22-18-8-10-19(11-9-18)25-15-13-23(3)4/h8-11,17H,5-7,12-16H2,1-4H3,(H,22,24)/t17-,21+/m1/s1. The lowest BCUT2D eigenvalue weighted by Gasteiger charge is -2.38. The van der Waals surface area contributed by atoms with E-state index < -0.39 is 5.60 Å². The molecule has 0 heterocycles. The molecule has 5 nitrogen and oxygen atoms in total. The van der Waals surface area contributed by atoms with Crippen LogP contribution in [0.3, 0.4) is 0 Å². The van der Waals surface area contributed by atoms with Crippen LogP contribution in [0.1, 0.15) is 46.0 Å². The predicted molar refractivity (Wildman–Crippen MR) is 106 cm³/mol. The highest BCUT2D eigenvalue weighted by Crippen LogP contribution is 2.36. The maximum Gasteiger partial charge on any atom is 0.256 e. The van der Waals surface area contributed by atoms with Gasteiger partial charge in [0, 0.05) is 18.8 Å². The molecule has 1 saturated carbocycles. The van der Waals surface area contributed by atoms with Crippen molar-refractivity contribution in [3.8, 4) is 5.75 Å². The van der Waals surface area contributed by atoms with Crippen LogP contribution in [-0.4, -0.2) is 50.3 Å². The van der Waals surface area contributed by atoms with Crippen LogP contribution < -0.4 is 10.1 Å². The highest BCUT2D eigenvalue weighted by atomic mass is 16.5. The van der Waals surface area contributed by atoms with Gasteiger partial charge in [0.05, 0.1) is 0 Å². The van der Waals surface area contributed by atoms with Crippen molar-refractivity contribution < 1.29 is 14.3 Å². The molecular formula is C21H34N2O3. The van der Waals surface area contributed by atoms with Crippen molar-refractivity contribution in [3.63, 3.8) is 0 Å². The summed E-state index contributed by atoms with van der Waals surface area (Å²) >= 11 is 0.